The largest absolute Gasteiger partial charge is 0.316 e. The molecule has 0 aromatic carbocycles. The van der Waals surface area contributed by atoms with Crippen LogP contribution >= 0.6 is 0 Å². The van der Waals surface area contributed by atoms with Crippen molar-refractivity contribution in [3.8, 4) is 0 Å². The average Bonchev–Trinajstić information content (AvgIpc) is 2.50. The minimum absolute atomic E-state index is 0.859. The van der Waals surface area contributed by atoms with Gasteiger partial charge in [0.25, 0.3) is 0 Å². The third kappa shape index (κ3) is 1.34. The molecule has 11 heavy (non-hydrogen) atoms. The maximum absolute atomic E-state index is 3.46. The van der Waals surface area contributed by atoms with E-state index < -0.39 is 0 Å². The van der Waals surface area contributed by atoms with E-state index in [-0.39, 0.29) is 0 Å². The number of rotatable bonds is 1. The van der Waals surface area contributed by atoms with Gasteiger partial charge in [-0.05, 0) is 37.1 Å². The Morgan fingerprint density at radius 2 is 2.27 bits per heavy atom. The van der Waals surface area contributed by atoms with E-state index in [1.807, 2.05) is 0 Å². The first-order valence-electron chi connectivity index (χ1n) is 4.79. The number of nitrogens with one attached hydrogen (secondary N) is 1. The Hall–Kier alpha value is -0.300. The van der Waals surface area contributed by atoms with E-state index in [4.69, 9.17) is 0 Å². The van der Waals surface area contributed by atoms with Gasteiger partial charge in [-0.2, -0.15) is 0 Å². The van der Waals surface area contributed by atoms with Crippen molar-refractivity contribution in [2.45, 2.75) is 19.8 Å². The minimum Gasteiger partial charge on any atom is -0.316 e. The second kappa shape index (κ2) is 2.98. The summed E-state index contributed by atoms with van der Waals surface area (Å²) in [5, 5.41) is 3.46. The number of fused-ring (bicyclic) bond motifs is 1. The molecule has 1 fully saturated rings. The smallest absolute Gasteiger partial charge is 0.00174 e. The second-order valence-electron chi connectivity index (χ2n) is 3.87. The molecule has 3 atom stereocenters. The molecule has 1 aliphatic carbocycles. The van der Waals surface area contributed by atoms with Crippen LogP contribution in [0, 0.1) is 17.8 Å². The summed E-state index contributed by atoms with van der Waals surface area (Å²) in [6.45, 7) is 4.76. The molecule has 0 amide bonds. The molecule has 0 saturated carbocycles. The van der Waals surface area contributed by atoms with Gasteiger partial charge in [-0.25, -0.2) is 0 Å². The highest BCUT2D eigenvalue weighted by atomic mass is 14.9. The van der Waals surface area contributed by atoms with Crippen LogP contribution in [0.25, 0.3) is 0 Å². The fraction of sp³-hybridized carbons (Fsp3) is 0.800. The van der Waals surface area contributed by atoms with Gasteiger partial charge in [0.05, 0.1) is 0 Å². The second-order valence-corrected chi connectivity index (χ2v) is 3.87. The number of hydrogen-bond donors (Lipinski definition) is 1. The van der Waals surface area contributed by atoms with Crippen molar-refractivity contribution >= 4 is 0 Å². The lowest BCUT2D eigenvalue weighted by Gasteiger charge is -2.24. The maximum Gasteiger partial charge on any atom is 0.00174 e. The van der Waals surface area contributed by atoms with Gasteiger partial charge in [-0.1, -0.05) is 19.1 Å². The van der Waals surface area contributed by atoms with Crippen LogP contribution < -0.4 is 5.32 Å². The van der Waals surface area contributed by atoms with E-state index in [1.165, 1.54) is 25.9 Å². The lowest BCUT2D eigenvalue weighted by molar-refractivity contribution is 0.365. The molecule has 0 radical (unpaired) electrons. The van der Waals surface area contributed by atoms with Crippen molar-refractivity contribution in [1.82, 2.24) is 5.32 Å². The summed E-state index contributed by atoms with van der Waals surface area (Å²) < 4.78 is 0. The van der Waals surface area contributed by atoms with Gasteiger partial charge in [0, 0.05) is 6.54 Å². The van der Waals surface area contributed by atoms with Crippen LogP contribution in [-0.4, -0.2) is 13.1 Å². The van der Waals surface area contributed by atoms with Crippen LogP contribution in [-0.2, 0) is 0 Å². The van der Waals surface area contributed by atoms with Gasteiger partial charge >= 0.3 is 0 Å². The SMILES string of the molecule is CC[C@@H]1C=C[C@@H]2CNC[C@H]2C1. The number of allylic oxidation sites excluding steroid dienone is 1. The first-order valence-corrected chi connectivity index (χ1v) is 4.79. The molecular formula is C10H17N. The van der Waals surface area contributed by atoms with E-state index in [0.717, 1.165) is 17.8 Å². The number of hydrogen-bond acceptors (Lipinski definition) is 1. The van der Waals surface area contributed by atoms with Crippen LogP contribution in [0.1, 0.15) is 19.8 Å². The van der Waals surface area contributed by atoms with E-state index in [1.54, 1.807) is 0 Å². The molecule has 0 aromatic heterocycles. The summed E-state index contributed by atoms with van der Waals surface area (Å²) in [7, 11) is 0. The third-order valence-corrected chi connectivity index (χ3v) is 3.15. The zero-order chi connectivity index (χ0) is 7.68. The molecule has 0 aromatic rings. The zero-order valence-electron chi connectivity index (χ0n) is 7.22. The van der Waals surface area contributed by atoms with Gasteiger partial charge < -0.3 is 5.32 Å². The van der Waals surface area contributed by atoms with Gasteiger partial charge in [0.1, 0.15) is 0 Å². The van der Waals surface area contributed by atoms with Crippen molar-refractivity contribution in [3.63, 3.8) is 0 Å². The molecule has 2 rings (SSSR count). The predicted octanol–water partition coefficient (Wildman–Crippen LogP) is 1.81. The standard InChI is InChI=1S/C10H17N/c1-2-8-3-4-9-6-11-7-10(9)5-8/h3-4,8-11H,2,5-7H2,1H3/t8-,9-,10-/m1/s1. The van der Waals surface area contributed by atoms with E-state index in [2.05, 4.69) is 24.4 Å². The van der Waals surface area contributed by atoms with Crippen LogP contribution in [0.2, 0.25) is 0 Å². The van der Waals surface area contributed by atoms with Crippen molar-refractivity contribution in [1.29, 1.82) is 0 Å². The first-order chi connectivity index (χ1) is 5.40. The molecule has 62 valence electrons. The fourth-order valence-corrected chi connectivity index (χ4v) is 2.31. The molecule has 0 unspecified atom stereocenters. The van der Waals surface area contributed by atoms with Crippen LogP contribution in [0.5, 0.6) is 0 Å². The Morgan fingerprint density at radius 1 is 1.36 bits per heavy atom. The maximum atomic E-state index is 3.46. The summed E-state index contributed by atoms with van der Waals surface area (Å²) in [6.07, 6.45) is 7.60. The summed E-state index contributed by atoms with van der Waals surface area (Å²) in [4.78, 5) is 0. The molecule has 1 nitrogen and oxygen atoms in total. The summed E-state index contributed by atoms with van der Waals surface area (Å²) >= 11 is 0. The Labute approximate surface area is 68.9 Å². The summed E-state index contributed by atoms with van der Waals surface area (Å²) in [5.41, 5.74) is 0. The highest BCUT2D eigenvalue weighted by molar-refractivity contribution is 5.04. The zero-order valence-corrected chi connectivity index (χ0v) is 7.22. The van der Waals surface area contributed by atoms with E-state index in [0.29, 0.717) is 0 Å². The van der Waals surface area contributed by atoms with Crippen molar-refractivity contribution in [2.75, 3.05) is 13.1 Å². The molecule has 1 saturated heterocycles. The van der Waals surface area contributed by atoms with Crippen molar-refractivity contribution < 1.29 is 0 Å². The average molecular weight is 151 g/mol. The summed E-state index contributed by atoms with van der Waals surface area (Å²) in [5.74, 6) is 2.68. The lowest BCUT2D eigenvalue weighted by Crippen LogP contribution is -2.18. The Bertz CT molecular complexity index is 162. The van der Waals surface area contributed by atoms with Gasteiger partial charge in [-0.15, -0.1) is 0 Å². The highest BCUT2D eigenvalue weighted by Crippen LogP contribution is 2.31. The monoisotopic (exact) mass is 151 g/mol. The molecule has 0 spiro atoms. The van der Waals surface area contributed by atoms with E-state index >= 15 is 0 Å². The predicted molar refractivity (Wildman–Crippen MR) is 47.4 cm³/mol. The summed E-state index contributed by atoms with van der Waals surface area (Å²) in [6, 6.07) is 0. The first kappa shape index (κ1) is 7.35. The molecule has 0 bridgehead atoms. The lowest BCUT2D eigenvalue weighted by atomic mass is 9.80. The van der Waals surface area contributed by atoms with Crippen molar-refractivity contribution in [3.05, 3.63) is 12.2 Å². The Kier molecular flexibility index (Phi) is 1.99. The quantitative estimate of drug-likeness (QED) is 0.564. The Morgan fingerprint density at radius 3 is 3.09 bits per heavy atom. The molecule has 1 heteroatoms. The Balaban J connectivity index is 2.03. The molecule has 2 aliphatic rings. The van der Waals surface area contributed by atoms with Crippen LogP contribution in [0.15, 0.2) is 12.2 Å². The third-order valence-electron chi connectivity index (χ3n) is 3.15. The van der Waals surface area contributed by atoms with E-state index in [9.17, 15) is 0 Å². The minimum atomic E-state index is 0.859. The fourth-order valence-electron chi connectivity index (χ4n) is 2.31. The molecular weight excluding hydrogens is 134 g/mol. The molecule has 1 heterocycles. The normalized spacial score (nSPS) is 42.5. The molecule has 1 N–H and O–H groups in total. The van der Waals surface area contributed by atoms with Gasteiger partial charge in [0.2, 0.25) is 0 Å². The topological polar surface area (TPSA) is 12.0 Å². The van der Waals surface area contributed by atoms with Gasteiger partial charge in [-0.3, -0.25) is 0 Å². The molecule has 1 aliphatic heterocycles. The highest BCUT2D eigenvalue weighted by Gasteiger charge is 2.29. The van der Waals surface area contributed by atoms with Crippen LogP contribution in [0.3, 0.4) is 0 Å². The van der Waals surface area contributed by atoms with Crippen LogP contribution in [0.4, 0.5) is 0 Å². The van der Waals surface area contributed by atoms with Gasteiger partial charge in [0.15, 0.2) is 0 Å². The van der Waals surface area contributed by atoms with Crippen molar-refractivity contribution in [2.24, 2.45) is 17.8 Å².